The summed E-state index contributed by atoms with van der Waals surface area (Å²) in [6.07, 6.45) is 1.69. The molecule has 1 unspecified atom stereocenters. The van der Waals surface area contributed by atoms with Crippen LogP contribution in [0.2, 0.25) is 5.02 Å². The van der Waals surface area contributed by atoms with Crippen molar-refractivity contribution in [2.45, 2.75) is 13.0 Å². The number of rotatable bonds is 4. The predicted molar refractivity (Wildman–Crippen MR) is 91.3 cm³/mol. The summed E-state index contributed by atoms with van der Waals surface area (Å²) in [6.45, 7) is 1.91. The second-order valence-electron chi connectivity index (χ2n) is 4.96. The lowest BCUT2D eigenvalue weighted by Gasteiger charge is -2.15. The average Bonchev–Trinajstić information content (AvgIpc) is 2.89. The van der Waals surface area contributed by atoms with Crippen molar-refractivity contribution in [3.05, 3.63) is 46.0 Å². The van der Waals surface area contributed by atoms with Crippen LogP contribution >= 0.6 is 27.5 Å². The molecule has 7 heteroatoms. The minimum Gasteiger partial charge on any atom is -0.394 e. The van der Waals surface area contributed by atoms with E-state index in [2.05, 4.69) is 31.3 Å². The number of aliphatic hydroxyl groups excluding tert-OH is 1. The van der Waals surface area contributed by atoms with E-state index in [0.717, 1.165) is 21.5 Å². The van der Waals surface area contributed by atoms with Crippen molar-refractivity contribution in [3.63, 3.8) is 0 Å². The molecule has 3 aromatic rings. The SMILES string of the molecule is CC(CO)Nc1cc(-c2ccccc2Cl)nc2c(Br)cnn12. The standard InChI is InChI=1S/C15H14BrClN4O/c1-9(8-22)19-14-6-13(10-4-2-3-5-12(10)17)20-15-11(16)7-18-21(14)15/h2-7,9,19,22H,8H2,1H3. The van der Waals surface area contributed by atoms with E-state index < -0.39 is 0 Å². The summed E-state index contributed by atoms with van der Waals surface area (Å²) in [5.41, 5.74) is 2.27. The highest BCUT2D eigenvalue weighted by atomic mass is 79.9. The largest absolute Gasteiger partial charge is 0.394 e. The predicted octanol–water partition coefficient (Wildman–Crippen LogP) is 3.60. The van der Waals surface area contributed by atoms with Gasteiger partial charge in [0.25, 0.3) is 0 Å². The van der Waals surface area contributed by atoms with Gasteiger partial charge in [-0.05, 0) is 28.9 Å². The van der Waals surface area contributed by atoms with E-state index in [9.17, 15) is 5.11 Å². The number of halogens is 2. The zero-order valence-electron chi connectivity index (χ0n) is 11.8. The van der Waals surface area contributed by atoms with Crippen LogP contribution in [0, 0.1) is 0 Å². The molecule has 0 fully saturated rings. The van der Waals surface area contributed by atoms with Crippen LogP contribution in [-0.2, 0) is 0 Å². The normalized spacial score (nSPS) is 12.5. The summed E-state index contributed by atoms with van der Waals surface area (Å²) >= 11 is 9.73. The van der Waals surface area contributed by atoms with Crippen molar-refractivity contribution in [2.24, 2.45) is 0 Å². The van der Waals surface area contributed by atoms with Gasteiger partial charge in [-0.3, -0.25) is 0 Å². The monoisotopic (exact) mass is 380 g/mol. The van der Waals surface area contributed by atoms with Gasteiger partial charge < -0.3 is 10.4 Å². The topological polar surface area (TPSA) is 62.5 Å². The zero-order chi connectivity index (χ0) is 15.7. The van der Waals surface area contributed by atoms with Crippen LogP contribution in [0.4, 0.5) is 5.82 Å². The third-order valence-corrected chi connectivity index (χ3v) is 4.14. The van der Waals surface area contributed by atoms with Crippen molar-refractivity contribution in [3.8, 4) is 11.3 Å². The average molecular weight is 382 g/mol. The van der Waals surface area contributed by atoms with Crippen molar-refractivity contribution in [1.29, 1.82) is 0 Å². The molecule has 0 amide bonds. The van der Waals surface area contributed by atoms with Crippen LogP contribution in [0.1, 0.15) is 6.92 Å². The van der Waals surface area contributed by atoms with E-state index >= 15 is 0 Å². The molecule has 0 aliphatic heterocycles. The van der Waals surface area contributed by atoms with Gasteiger partial charge in [-0.15, -0.1) is 0 Å². The summed E-state index contributed by atoms with van der Waals surface area (Å²) in [6, 6.07) is 9.32. The smallest absolute Gasteiger partial charge is 0.172 e. The number of hydrogen-bond donors (Lipinski definition) is 2. The third-order valence-electron chi connectivity index (χ3n) is 3.25. The fraction of sp³-hybridized carbons (Fsp3) is 0.200. The Morgan fingerprint density at radius 2 is 2.18 bits per heavy atom. The molecule has 0 aliphatic carbocycles. The van der Waals surface area contributed by atoms with E-state index in [1.165, 1.54) is 0 Å². The maximum absolute atomic E-state index is 9.27. The fourth-order valence-electron chi connectivity index (χ4n) is 2.14. The number of aromatic nitrogens is 3. The summed E-state index contributed by atoms with van der Waals surface area (Å²) in [5.74, 6) is 0.743. The van der Waals surface area contributed by atoms with Gasteiger partial charge in [0, 0.05) is 22.7 Å². The molecule has 22 heavy (non-hydrogen) atoms. The summed E-state index contributed by atoms with van der Waals surface area (Å²) in [7, 11) is 0. The highest BCUT2D eigenvalue weighted by molar-refractivity contribution is 9.10. The second kappa shape index (κ2) is 6.24. The number of anilines is 1. The number of nitrogens with zero attached hydrogens (tertiary/aromatic N) is 3. The number of benzene rings is 1. The molecule has 2 N–H and O–H groups in total. The number of hydrogen-bond acceptors (Lipinski definition) is 4. The molecule has 1 aromatic carbocycles. The third kappa shape index (κ3) is 2.82. The Kier molecular flexibility index (Phi) is 4.33. The van der Waals surface area contributed by atoms with E-state index in [4.69, 9.17) is 11.6 Å². The molecule has 0 spiro atoms. The van der Waals surface area contributed by atoms with E-state index in [1.807, 2.05) is 37.3 Å². The van der Waals surface area contributed by atoms with Crippen LogP contribution in [-0.4, -0.2) is 32.4 Å². The van der Waals surface area contributed by atoms with Crippen molar-refractivity contribution in [1.82, 2.24) is 14.6 Å². The fourth-order valence-corrected chi connectivity index (χ4v) is 2.72. The molecular weight excluding hydrogens is 368 g/mol. The van der Waals surface area contributed by atoms with Gasteiger partial charge in [0.05, 0.1) is 23.0 Å². The van der Waals surface area contributed by atoms with Gasteiger partial charge in [0.2, 0.25) is 0 Å². The molecule has 0 aliphatic rings. The molecule has 0 bridgehead atoms. The first kappa shape index (κ1) is 15.3. The van der Waals surface area contributed by atoms with Crippen LogP contribution in [0.25, 0.3) is 16.9 Å². The Bertz CT molecular complexity index is 820. The minimum absolute atomic E-state index is 0.0215. The summed E-state index contributed by atoms with van der Waals surface area (Å²) < 4.78 is 2.48. The van der Waals surface area contributed by atoms with Crippen LogP contribution in [0.15, 0.2) is 41.0 Å². The number of nitrogens with one attached hydrogen (secondary N) is 1. The Morgan fingerprint density at radius 1 is 1.41 bits per heavy atom. The van der Waals surface area contributed by atoms with Gasteiger partial charge >= 0.3 is 0 Å². The van der Waals surface area contributed by atoms with Gasteiger partial charge in [-0.2, -0.15) is 9.61 Å². The Labute approximate surface area is 141 Å². The molecule has 0 radical (unpaired) electrons. The summed E-state index contributed by atoms with van der Waals surface area (Å²) in [5, 5.41) is 17.4. The van der Waals surface area contributed by atoms with Crippen LogP contribution < -0.4 is 5.32 Å². The number of aliphatic hydroxyl groups is 1. The molecule has 0 saturated heterocycles. The highest BCUT2D eigenvalue weighted by Crippen LogP contribution is 2.30. The van der Waals surface area contributed by atoms with Crippen LogP contribution in [0.3, 0.4) is 0 Å². The Morgan fingerprint density at radius 3 is 2.91 bits per heavy atom. The quantitative estimate of drug-likeness (QED) is 0.725. The van der Waals surface area contributed by atoms with Gasteiger partial charge in [0.1, 0.15) is 5.82 Å². The van der Waals surface area contributed by atoms with E-state index in [-0.39, 0.29) is 12.6 Å². The lowest BCUT2D eigenvalue weighted by Crippen LogP contribution is -2.21. The molecule has 3 rings (SSSR count). The van der Waals surface area contributed by atoms with E-state index in [0.29, 0.717) is 10.7 Å². The number of fused-ring (bicyclic) bond motifs is 1. The highest BCUT2D eigenvalue weighted by Gasteiger charge is 2.14. The Balaban J connectivity index is 2.19. The van der Waals surface area contributed by atoms with Crippen molar-refractivity contribution < 1.29 is 5.11 Å². The van der Waals surface area contributed by atoms with Crippen molar-refractivity contribution in [2.75, 3.05) is 11.9 Å². The molecular formula is C15H14BrClN4O. The lowest BCUT2D eigenvalue weighted by molar-refractivity contribution is 0.281. The second-order valence-corrected chi connectivity index (χ2v) is 6.22. The van der Waals surface area contributed by atoms with Gasteiger partial charge in [-0.1, -0.05) is 29.8 Å². The van der Waals surface area contributed by atoms with Crippen molar-refractivity contribution >= 4 is 39.0 Å². The molecule has 5 nitrogen and oxygen atoms in total. The molecule has 2 aromatic heterocycles. The first-order valence-electron chi connectivity index (χ1n) is 6.76. The molecule has 2 heterocycles. The lowest BCUT2D eigenvalue weighted by atomic mass is 10.1. The van der Waals surface area contributed by atoms with E-state index in [1.54, 1.807) is 10.7 Å². The first-order valence-corrected chi connectivity index (χ1v) is 7.94. The van der Waals surface area contributed by atoms with Gasteiger partial charge in [-0.25, -0.2) is 4.98 Å². The van der Waals surface area contributed by atoms with Gasteiger partial charge in [0.15, 0.2) is 5.65 Å². The molecule has 0 saturated carbocycles. The first-order chi connectivity index (χ1) is 10.6. The Hall–Kier alpha value is -1.63. The summed E-state index contributed by atoms with van der Waals surface area (Å²) in [4.78, 5) is 4.63. The molecule has 1 atom stereocenters. The molecule has 114 valence electrons. The maximum Gasteiger partial charge on any atom is 0.172 e. The minimum atomic E-state index is -0.104. The van der Waals surface area contributed by atoms with Crippen LogP contribution in [0.5, 0.6) is 0 Å². The maximum atomic E-state index is 9.27. The zero-order valence-corrected chi connectivity index (χ0v) is 14.1.